The van der Waals surface area contributed by atoms with Crippen LogP contribution in [-0.4, -0.2) is 0 Å². The highest BCUT2D eigenvalue weighted by molar-refractivity contribution is 4.93. The van der Waals surface area contributed by atoms with E-state index >= 15 is 0 Å². The van der Waals surface area contributed by atoms with Crippen molar-refractivity contribution in [3.8, 4) is 0 Å². The molecule has 0 aromatic carbocycles. The average Bonchev–Trinajstić information content (AvgIpc) is 2.97. The van der Waals surface area contributed by atoms with Crippen molar-refractivity contribution < 1.29 is 0 Å². The molecule has 0 N–H and O–H groups in total. The van der Waals surface area contributed by atoms with Gasteiger partial charge in [0, 0.05) is 0 Å². The molecule has 0 rings (SSSR count). The standard InChI is InChI=1S/4C10H20/c2*1-4-6-8-10(3)9-7-5-2;2*1-4-7-9-10(6-3)8-5-2/h3-9H2,1-2H3;4,10H,1,5-9H2,2-3H3;6,10H,3-5,7-9H2,1-2H3;5,10H,2,4,6-9H2,1,3H3. The summed E-state index contributed by atoms with van der Waals surface area (Å²) in [5.41, 5.74) is 1.45. The summed E-state index contributed by atoms with van der Waals surface area (Å²) in [5.74, 6) is 2.58. The van der Waals surface area contributed by atoms with Gasteiger partial charge < -0.3 is 0 Å². The SMILES string of the molecule is C=C(CCCC)CCCC.C=CC(CCC)CCCC.C=CCC(CC)CCCC.C=CCCC(C)CCCC. The summed E-state index contributed by atoms with van der Waals surface area (Å²) in [5, 5.41) is 0. The molecule has 0 aliphatic heterocycles. The molecule has 0 heterocycles. The lowest BCUT2D eigenvalue weighted by Crippen LogP contribution is -1.95. The second kappa shape index (κ2) is 42.4. The minimum Gasteiger partial charge on any atom is -0.103 e. The van der Waals surface area contributed by atoms with E-state index in [1.165, 1.54) is 140 Å². The Balaban J connectivity index is -0.000000216. The normalized spacial score (nSPS) is 12.2. The van der Waals surface area contributed by atoms with Crippen LogP contribution in [0.3, 0.4) is 0 Å². The molecule has 3 unspecified atom stereocenters. The van der Waals surface area contributed by atoms with Gasteiger partial charge >= 0.3 is 0 Å². The molecule has 0 saturated carbocycles. The minimum absolute atomic E-state index is 0.782. The van der Waals surface area contributed by atoms with Gasteiger partial charge in [-0.15, -0.1) is 19.7 Å². The Bertz CT molecular complexity index is 474. The highest BCUT2D eigenvalue weighted by Gasteiger charge is 2.02. The molecule has 0 spiro atoms. The van der Waals surface area contributed by atoms with Crippen LogP contribution in [0.15, 0.2) is 50.1 Å². The van der Waals surface area contributed by atoms with E-state index < -0.39 is 0 Å². The first-order valence-electron chi connectivity index (χ1n) is 17.8. The minimum atomic E-state index is 0.782. The first-order valence-corrected chi connectivity index (χ1v) is 17.8. The Labute approximate surface area is 257 Å². The highest BCUT2D eigenvalue weighted by Crippen LogP contribution is 2.17. The van der Waals surface area contributed by atoms with E-state index in [-0.39, 0.29) is 0 Å². The Kier molecular flexibility index (Phi) is 48.7. The molecule has 0 aromatic heterocycles. The van der Waals surface area contributed by atoms with Crippen LogP contribution in [0.1, 0.15) is 190 Å². The fourth-order valence-electron chi connectivity index (χ4n) is 4.51. The molecule has 0 radical (unpaired) electrons. The number of unbranched alkanes of at least 4 members (excludes halogenated alkanes) is 5. The second-order valence-electron chi connectivity index (χ2n) is 11.9. The van der Waals surface area contributed by atoms with Gasteiger partial charge in [-0.3, -0.25) is 0 Å². The predicted octanol–water partition coefficient (Wildman–Crippen LogP) is 15.3. The largest absolute Gasteiger partial charge is 0.103 e. The van der Waals surface area contributed by atoms with E-state index in [1.54, 1.807) is 0 Å². The topological polar surface area (TPSA) is 0 Å². The van der Waals surface area contributed by atoms with E-state index in [9.17, 15) is 0 Å². The van der Waals surface area contributed by atoms with E-state index in [1.807, 2.05) is 12.2 Å². The summed E-state index contributed by atoms with van der Waals surface area (Å²) in [6.45, 7) is 33.4. The molecule has 0 aromatic rings. The molecule has 0 nitrogen and oxygen atoms in total. The van der Waals surface area contributed by atoms with Crippen LogP contribution in [0.5, 0.6) is 0 Å². The van der Waals surface area contributed by atoms with E-state index in [0.29, 0.717) is 0 Å². The van der Waals surface area contributed by atoms with Gasteiger partial charge in [0.1, 0.15) is 0 Å². The van der Waals surface area contributed by atoms with E-state index in [2.05, 4.69) is 87.8 Å². The monoisotopic (exact) mass is 561 g/mol. The third-order valence-corrected chi connectivity index (χ3v) is 7.65. The zero-order chi connectivity index (χ0) is 31.3. The van der Waals surface area contributed by atoms with Gasteiger partial charge in [0.2, 0.25) is 0 Å². The van der Waals surface area contributed by atoms with Crippen molar-refractivity contribution in [2.24, 2.45) is 17.8 Å². The van der Waals surface area contributed by atoms with Gasteiger partial charge in [-0.25, -0.2) is 0 Å². The maximum atomic E-state index is 4.03. The summed E-state index contributed by atoms with van der Waals surface area (Å²) in [6, 6.07) is 0. The molecular weight excluding hydrogens is 480 g/mol. The fourth-order valence-corrected chi connectivity index (χ4v) is 4.51. The second-order valence-corrected chi connectivity index (χ2v) is 11.9. The average molecular weight is 561 g/mol. The van der Waals surface area contributed by atoms with Gasteiger partial charge in [0.25, 0.3) is 0 Å². The van der Waals surface area contributed by atoms with E-state index in [4.69, 9.17) is 0 Å². The number of hydrogen-bond donors (Lipinski definition) is 0. The molecule has 0 saturated heterocycles. The summed E-state index contributed by atoms with van der Waals surface area (Å²) in [6.07, 6.45) is 33.8. The molecule has 3 atom stereocenters. The fraction of sp³-hybridized carbons (Fsp3) is 0.800. The lowest BCUT2D eigenvalue weighted by molar-refractivity contribution is 0.457. The van der Waals surface area contributed by atoms with Crippen molar-refractivity contribution >= 4 is 0 Å². The van der Waals surface area contributed by atoms with E-state index in [0.717, 1.165) is 17.8 Å². The maximum absolute atomic E-state index is 4.03. The molecular formula is C40H80. The van der Waals surface area contributed by atoms with Gasteiger partial charge in [-0.2, -0.15) is 0 Å². The van der Waals surface area contributed by atoms with Crippen LogP contribution < -0.4 is 0 Å². The third-order valence-electron chi connectivity index (χ3n) is 7.65. The van der Waals surface area contributed by atoms with Gasteiger partial charge in [0.05, 0.1) is 0 Å². The number of rotatable bonds is 24. The number of hydrogen-bond acceptors (Lipinski definition) is 0. The molecule has 0 amide bonds. The summed E-state index contributed by atoms with van der Waals surface area (Å²) < 4.78 is 0. The molecule has 240 valence electrons. The zero-order valence-electron chi connectivity index (χ0n) is 29.6. The number of allylic oxidation sites excluding steroid dienone is 4. The zero-order valence-corrected chi connectivity index (χ0v) is 29.6. The molecule has 0 aliphatic rings. The van der Waals surface area contributed by atoms with Gasteiger partial charge in [-0.1, -0.05) is 163 Å². The van der Waals surface area contributed by atoms with Gasteiger partial charge in [0.15, 0.2) is 0 Å². The summed E-state index contributed by atoms with van der Waals surface area (Å²) >= 11 is 0. The molecule has 0 aliphatic carbocycles. The van der Waals surface area contributed by atoms with Crippen molar-refractivity contribution in [3.05, 3.63) is 50.1 Å². The Morgan fingerprint density at radius 3 is 1.48 bits per heavy atom. The Morgan fingerprint density at radius 2 is 1.07 bits per heavy atom. The Hall–Kier alpha value is -1.04. The van der Waals surface area contributed by atoms with Crippen molar-refractivity contribution in [1.29, 1.82) is 0 Å². The lowest BCUT2D eigenvalue weighted by atomic mass is 9.96. The lowest BCUT2D eigenvalue weighted by Gasteiger charge is -2.10. The van der Waals surface area contributed by atoms with Crippen molar-refractivity contribution in [3.63, 3.8) is 0 Å². The maximum Gasteiger partial charge on any atom is -0.0236 e. The van der Waals surface area contributed by atoms with Crippen LogP contribution in [0, 0.1) is 17.8 Å². The van der Waals surface area contributed by atoms with Crippen molar-refractivity contribution in [2.75, 3.05) is 0 Å². The van der Waals surface area contributed by atoms with Crippen LogP contribution in [-0.2, 0) is 0 Å². The molecule has 40 heavy (non-hydrogen) atoms. The van der Waals surface area contributed by atoms with Crippen LogP contribution >= 0.6 is 0 Å². The summed E-state index contributed by atoms with van der Waals surface area (Å²) in [7, 11) is 0. The molecule has 0 fully saturated rings. The molecule has 0 bridgehead atoms. The smallest absolute Gasteiger partial charge is 0.0236 e. The van der Waals surface area contributed by atoms with Crippen LogP contribution in [0.4, 0.5) is 0 Å². The highest BCUT2D eigenvalue weighted by atomic mass is 14.1. The third kappa shape index (κ3) is 44.0. The summed E-state index contributed by atoms with van der Waals surface area (Å²) in [4.78, 5) is 0. The predicted molar refractivity (Wildman–Crippen MR) is 193 cm³/mol. The Morgan fingerprint density at radius 1 is 0.575 bits per heavy atom. The first-order chi connectivity index (χ1) is 19.3. The van der Waals surface area contributed by atoms with Crippen LogP contribution in [0.2, 0.25) is 0 Å². The quantitative estimate of drug-likeness (QED) is 0.103. The molecule has 0 heteroatoms. The first kappa shape index (κ1) is 45.9. The van der Waals surface area contributed by atoms with Gasteiger partial charge in [-0.05, 0) is 75.5 Å². The van der Waals surface area contributed by atoms with Crippen molar-refractivity contribution in [2.45, 2.75) is 190 Å². The van der Waals surface area contributed by atoms with Crippen LogP contribution in [0.25, 0.3) is 0 Å². The van der Waals surface area contributed by atoms with Crippen molar-refractivity contribution in [1.82, 2.24) is 0 Å².